The van der Waals surface area contributed by atoms with Gasteiger partial charge in [0.05, 0.1) is 16.7 Å². The van der Waals surface area contributed by atoms with E-state index in [0.717, 1.165) is 24.2 Å². The molecule has 1 fully saturated rings. The first-order valence-electron chi connectivity index (χ1n) is 11.2. The number of allylic oxidation sites excluding steroid dienone is 1. The van der Waals surface area contributed by atoms with Crippen LogP contribution in [0.4, 0.5) is 23.0 Å². The van der Waals surface area contributed by atoms with E-state index < -0.39 is 16.7 Å². The van der Waals surface area contributed by atoms with Crippen molar-refractivity contribution >= 4 is 46.6 Å². The number of carbonyl (C=O) groups is 2. The third-order valence-electron chi connectivity index (χ3n) is 6.47. The Hall–Kier alpha value is -4.49. The fraction of sp³-hybridized carbons (Fsp3) is 0.381. The van der Waals surface area contributed by atoms with Gasteiger partial charge in [0.25, 0.3) is 5.69 Å². The molecule has 35 heavy (non-hydrogen) atoms. The SMILES string of the molecule is CNC(=O)C(=O)Nc1nn([C@H]2CN(c3ccc([N+](=O)[O-])cn3)CC[C@H]2C)c2c1NNC1=C2CC=N1. The standard InChI is InChI=1S/C21H24N10O4/c1-11-6-8-29(15-4-3-12(9-24-15)31(34)35)10-14(11)30-17-13-5-7-23-18(13)27-26-16(17)19(28-30)25-21(33)20(32)22-2/h3-4,7,9,11,14,26-27H,5-6,8,10H2,1-2H3,(H,22,32)(H,25,28,33)/t11-,14+/m1/s1. The Labute approximate surface area is 199 Å². The van der Waals surface area contributed by atoms with Crippen LogP contribution in [-0.4, -0.2) is 57.9 Å². The number of hydrogen-bond acceptors (Lipinski definition) is 10. The van der Waals surface area contributed by atoms with E-state index in [-0.39, 0.29) is 23.5 Å². The number of amides is 2. The van der Waals surface area contributed by atoms with Gasteiger partial charge in [-0.1, -0.05) is 6.92 Å². The van der Waals surface area contributed by atoms with E-state index in [0.29, 0.717) is 30.3 Å². The van der Waals surface area contributed by atoms with Gasteiger partial charge in [-0.05, 0) is 18.4 Å². The third-order valence-corrected chi connectivity index (χ3v) is 6.47. The quantitative estimate of drug-likeness (QED) is 0.283. The summed E-state index contributed by atoms with van der Waals surface area (Å²) in [5.74, 6) is 0.195. The molecule has 2 aromatic rings. The highest BCUT2D eigenvalue weighted by Gasteiger charge is 2.36. The Kier molecular flexibility index (Phi) is 5.55. The zero-order valence-corrected chi connectivity index (χ0v) is 19.1. The van der Waals surface area contributed by atoms with Gasteiger partial charge in [0.2, 0.25) is 0 Å². The van der Waals surface area contributed by atoms with Gasteiger partial charge in [-0.2, -0.15) is 5.10 Å². The van der Waals surface area contributed by atoms with Gasteiger partial charge in [-0.15, -0.1) is 0 Å². The first-order valence-corrected chi connectivity index (χ1v) is 11.2. The Bertz CT molecular complexity index is 1270. The second-order valence-electron chi connectivity index (χ2n) is 8.55. The molecule has 0 radical (unpaired) electrons. The summed E-state index contributed by atoms with van der Waals surface area (Å²) in [5, 5.41) is 20.6. The average molecular weight is 480 g/mol. The molecule has 0 spiro atoms. The second kappa shape index (κ2) is 8.70. The van der Waals surface area contributed by atoms with E-state index in [9.17, 15) is 19.7 Å². The normalized spacial score (nSPS) is 20.5. The van der Waals surface area contributed by atoms with E-state index in [1.807, 2.05) is 4.68 Å². The summed E-state index contributed by atoms with van der Waals surface area (Å²) in [7, 11) is 1.38. The van der Waals surface area contributed by atoms with Crippen molar-refractivity contribution in [3.05, 3.63) is 40.0 Å². The van der Waals surface area contributed by atoms with Crippen molar-refractivity contribution in [2.75, 3.05) is 35.8 Å². The lowest BCUT2D eigenvalue weighted by molar-refractivity contribution is -0.385. The highest BCUT2D eigenvalue weighted by molar-refractivity contribution is 6.39. The number of pyridine rings is 1. The molecule has 2 atom stereocenters. The molecule has 4 N–H and O–H groups in total. The van der Waals surface area contributed by atoms with E-state index in [1.54, 1.807) is 12.3 Å². The van der Waals surface area contributed by atoms with Gasteiger partial charge in [0.15, 0.2) is 5.82 Å². The average Bonchev–Trinajstić information content (AvgIpc) is 3.48. The van der Waals surface area contributed by atoms with Gasteiger partial charge >= 0.3 is 11.8 Å². The fourth-order valence-electron chi connectivity index (χ4n) is 4.54. The molecule has 5 rings (SSSR count). The molecule has 182 valence electrons. The summed E-state index contributed by atoms with van der Waals surface area (Å²) in [5.41, 5.74) is 8.30. The monoisotopic (exact) mass is 480 g/mol. The predicted octanol–water partition coefficient (Wildman–Crippen LogP) is 1.03. The molecular weight excluding hydrogens is 456 g/mol. The Morgan fingerprint density at radius 2 is 2.09 bits per heavy atom. The number of aromatic nitrogens is 3. The number of hydrazine groups is 1. The molecule has 0 aromatic carbocycles. The molecule has 0 saturated carbocycles. The molecule has 3 aliphatic heterocycles. The minimum absolute atomic E-state index is 0.0624. The van der Waals surface area contributed by atoms with Crippen LogP contribution in [0.3, 0.4) is 0 Å². The van der Waals surface area contributed by atoms with Crippen molar-refractivity contribution < 1.29 is 14.5 Å². The zero-order valence-electron chi connectivity index (χ0n) is 19.1. The van der Waals surface area contributed by atoms with Crippen LogP contribution in [0, 0.1) is 16.0 Å². The first kappa shape index (κ1) is 22.3. The summed E-state index contributed by atoms with van der Waals surface area (Å²) in [4.78, 5) is 45.4. The Balaban J connectivity index is 1.51. The van der Waals surface area contributed by atoms with Crippen molar-refractivity contribution in [1.29, 1.82) is 0 Å². The lowest BCUT2D eigenvalue weighted by atomic mass is 9.92. The number of nitrogens with one attached hydrogen (secondary N) is 4. The summed E-state index contributed by atoms with van der Waals surface area (Å²) in [6, 6.07) is 2.99. The van der Waals surface area contributed by atoms with Gasteiger partial charge < -0.3 is 10.2 Å². The molecule has 0 aliphatic carbocycles. The smallest absolute Gasteiger partial charge is 0.314 e. The van der Waals surface area contributed by atoms with Crippen LogP contribution in [0.1, 0.15) is 31.5 Å². The Morgan fingerprint density at radius 1 is 1.26 bits per heavy atom. The van der Waals surface area contributed by atoms with E-state index in [2.05, 4.69) is 43.3 Å². The topological polar surface area (TPSA) is 172 Å². The number of aliphatic imine (C=N–C) groups is 1. The van der Waals surface area contributed by atoms with Gasteiger partial charge in [-0.3, -0.25) is 40.6 Å². The lowest BCUT2D eigenvalue weighted by Crippen LogP contribution is -2.42. The van der Waals surface area contributed by atoms with Gasteiger partial charge in [0, 0.05) is 44.4 Å². The van der Waals surface area contributed by atoms with Crippen LogP contribution in [0.15, 0.2) is 29.1 Å². The van der Waals surface area contributed by atoms with Crippen LogP contribution >= 0.6 is 0 Å². The summed E-state index contributed by atoms with van der Waals surface area (Å²) in [6.07, 6.45) is 4.49. The van der Waals surface area contributed by atoms with E-state index >= 15 is 0 Å². The predicted molar refractivity (Wildman–Crippen MR) is 128 cm³/mol. The molecule has 14 nitrogen and oxygen atoms in total. The highest BCUT2D eigenvalue weighted by Crippen LogP contribution is 2.42. The van der Waals surface area contributed by atoms with Crippen molar-refractivity contribution in [2.45, 2.75) is 25.8 Å². The molecular formula is C21H24N10O4. The maximum atomic E-state index is 12.3. The number of fused-ring (bicyclic) bond motifs is 2. The number of rotatable bonds is 4. The van der Waals surface area contributed by atoms with Crippen LogP contribution in [0.5, 0.6) is 0 Å². The highest BCUT2D eigenvalue weighted by atomic mass is 16.6. The second-order valence-corrected chi connectivity index (χ2v) is 8.55. The third kappa shape index (κ3) is 3.92. The minimum atomic E-state index is -0.822. The van der Waals surface area contributed by atoms with Crippen LogP contribution < -0.4 is 26.4 Å². The summed E-state index contributed by atoms with van der Waals surface area (Å²) in [6.45, 7) is 3.43. The number of piperidine rings is 1. The van der Waals surface area contributed by atoms with Crippen molar-refractivity contribution in [2.24, 2.45) is 10.9 Å². The largest absolute Gasteiger partial charge is 0.354 e. The van der Waals surface area contributed by atoms with Crippen molar-refractivity contribution in [1.82, 2.24) is 25.5 Å². The minimum Gasteiger partial charge on any atom is -0.354 e. The number of hydrogen-bond donors (Lipinski definition) is 4. The summed E-state index contributed by atoms with van der Waals surface area (Å²) < 4.78 is 1.88. The number of anilines is 3. The Morgan fingerprint density at radius 3 is 2.80 bits per heavy atom. The fourth-order valence-corrected chi connectivity index (χ4v) is 4.54. The van der Waals surface area contributed by atoms with Crippen molar-refractivity contribution in [3.63, 3.8) is 0 Å². The molecule has 3 aliphatic rings. The van der Waals surface area contributed by atoms with Gasteiger partial charge in [0.1, 0.15) is 23.5 Å². The molecule has 5 heterocycles. The molecule has 0 unspecified atom stereocenters. The van der Waals surface area contributed by atoms with Crippen LogP contribution in [0.2, 0.25) is 0 Å². The van der Waals surface area contributed by atoms with Crippen molar-refractivity contribution in [3.8, 4) is 0 Å². The van der Waals surface area contributed by atoms with Crippen LogP contribution in [0.25, 0.3) is 5.57 Å². The van der Waals surface area contributed by atoms with E-state index in [1.165, 1.54) is 19.3 Å². The molecule has 1 saturated heterocycles. The van der Waals surface area contributed by atoms with Crippen LogP contribution in [-0.2, 0) is 9.59 Å². The number of carbonyl (C=O) groups excluding carboxylic acids is 2. The maximum absolute atomic E-state index is 12.3. The number of nitro groups is 1. The van der Waals surface area contributed by atoms with E-state index in [4.69, 9.17) is 5.10 Å². The maximum Gasteiger partial charge on any atom is 0.314 e. The lowest BCUT2D eigenvalue weighted by Gasteiger charge is -2.38. The zero-order chi connectivity index (χ0) is 24.7. The molecule has 0 bridgehead atoms. The van der Waals surface area contributed by atoms with Gasteiger partial charge in [-0.25, -0.2) is 9.98 Å². The molecule has 14 heteroatoms. The number of likely N-dealkylation sites (N-methyl/N-ethyl adjacent to an activating group) is 1. The molecule has 2 amide bonds. The summed E-state index contributed by atoms with van der Waals surface area (Å²) >= 11 is 0. The molecule has 2 aromatic heterocycles. The first-order chi connectivity index (χ1) is 16.9. The number of nitrogens with zero attached hydrogens (tertiary/aromatic N) is 6.